The second kappa shape index (κ2) is 9.11. The van der Waals surface area contributed by atoms with Crippen LogP contribution in [-0.4, -0.2) is 33.0 Å². The third-order valence-electron chi connectivity index (χ3n) is 7.36. The molecule has 7 heteroatoms. The van der Waals surface area contributed by atoms with Crippen molar-refractivity contribution in [2.24, 2.45) is 0 Å². The molecule has 0 aliphatic carbocycles. The second-order valence-corrected chi connectivity index (χ2v) is 9.61. The normalized spacial score (nSPS) is 20.0. The Morgan fingerprint density at radius 2 is 1.34 bits per heavy atom. The van der Waals surface area contributed by atoms with E-state index in [4.69, 9.17) is 4.98 Å². The molecule has 0 spiro atoms. The van der Waals surface area contributed by atoms with E-state index in [1.54, 1.807) is 0 Å². The first kappa shape index (κ1) is 22.3. The average Bonchev–Trinajstić information content (AvgIpc) is 3.69. The summed E-state index contributed by atoms with van der Waals surface area (Å²) < 4.78 is 0. The molecule has 7 rings (SSSR count). The lowest BCUT2D eigenvalue weighted by atomic mass is 9.99. The lowest BCUT2D eigenvalue weighted by molar-refractivity contribution is 0.613. The number of aromatic amines is 2. The molecular formula is C28H29ClN6. The lowest BCUT2D eigenvalue weighted by Crippen LogP contribution is -2.14. The summed E-state index contributed by atoms with van der Waals surface area (Å²) in [5.74, 6) is 2.10. The van der Waals surface area contributed by atoms with Crippen molar-refractivity contribution >= 4 is 34.2 Å². The quantitative estimate of drug-likeness (QED) is 0.250. The van der Waals surface area contributed by atoms with Crippen molar-refractivity contribution in [3.63, 3.8) is 0 Å². The van der Waals surface area contributed by atoms with Crippen LogP contribution in [0.3, 0.4) is 0 Å². The predicted molar refractivity (Wildman–Crippen MR) is 144 cm³/mol. The summed E-state index contributed by atoms with van der Waals surface area (Å²) in [5.41, 5.74) is 6.80. The smallest absolute Gasteiger partial charge is 0.124 e. The van der Waals surface area contributed by atoms with Crippen LogP contribution in [0, 0.1) is 0 Å². The van der Waals surface area contributed by atoms with E-state index in [0.717, 1.165) is 54.3 Å². The number of benzene rings is 3. The van der Waals surface area contributed by atoms with Gasteiger partial charge in [-0.2, -0.15) is 0 Å². The molecule has 0 saturated carbocycles. The van der Waals surface area contributed by atoms with E-state index < -0.39 is 0 Å². The third-order valence-corrected chi connectivity index (χ3v) is 7.36. The van der Waals surface area contributed by atoms with Gasteiger partial charge in [-0.15, -0.1) is 12.4 Å². The molecule has 2 aromatic heterocycles. The number of hydrogen-bond donors (Lipinski definition) is 4. The molecule has 4 N–H and O–H groups in total. The Hall–Kier alpha value is -3.19. The highest BCUT2D eigenvalue weighted by Crippen LogP contribution is 2.31. The molecule has 178 valence electrons. The Labute approximate surface area is 210 Å². The van der Waals surface area contributed by atoms with Crippen molar-refractivity contribution in [3.8, 4) is 22.4 Å². The third kappa shape index (κ3) is 4.12. The van der Waals surface area contributed by atoms with E-state index in [9.17, 15) is 0 Å². The first-order valence-corrected chi connectivity index (χ1v) is 12.4. The largest absolute Gasteiger partial charge is 0.341 e. The topological polar surface area (TPSA) is 81.4 Å². The molecule has 2 aliphatic heterocycles. The van der Waals surface area contributed by atoms with E-state index >= 15 is 0 Å². The van der Waals surface area contributed by atoms with Gasteiger partial charge in [-0.3, -0.25) is 0 Å². The van der Waals surface area contributed by atoms with E-state index in [2.05, 4.69) is 80.2 Å². The molecule has 0 radical (unpaired) electrons. The van der Waals surface area contributed by atoms with Crippen LogP contribution in [0.1, 0.15) is 49.4 Å². The zero-order valence-electron chi connectivity index (χ0n) is 19.5. The number of nitrogens with zero attached hydrogens (tertiary/aromatic N) is 2. The fraction of sp³-hybridized carbons (Fsp3) is 0.286. The summed E-state index contributed by atoms with van der Waals surface area (Å²) >= 11 is 0. The fourth-order valence-electron chi connectivity index (χ4n) is 5.46. The Bertz CT molecular complexity index is 1490. The van der Waals surface area contributed by atoms with Gasteiger partial charge in [-0.25, -0.2) is 9.97 Å². The van der Waals surface area contributed by atoms with Gasteiger partial charge in [-0.05, 0) is 84.9 Å². The van der Waals surface area contributed by atoms with Crippen LogP contribution in [0.15, 0.2) is 60.8 Å². The van der Waals surface area contributed by atoms with Crippen LogP contribution >= 0.6 is 12.4 Å². The van der Waals surface area contributed by atoms with Crippen LogP contribution in [0.2, 0.25) is 0 Å². The SMILES string of the molecule is Cl.c1cc2cc(-c3cnc(C4CCCN4)[nH]3)ccc2cc1-c1ccc2nc(C3CCCN3)[nH]c2c1. The summed E-state index contributed by atoms with van der Waals surface area (Å²) in [6, 6.07) is 20.6. The van der Waals surface area contributed by atoms with Gasteiger partial charge in [0, 0.05) is 5.56 Å². The monoisotopic (exact) mass is 484 g/mol. The summed E-state index contributed by atoms with van der Waals surface area (Å²) in [4.78, 5) is 16.5. The van der Waals surface area contributed by atoms with Crippen LogP contribution < -0.4 is 10.6 Å². The fourth-order valence-corrected chi connectivity index (χ4v) is 5.46. The Morgan fingerprint density at radius 3 is 2.09 bits per heavy atom. The summed E-state index contributed by atoms with van der Waals surface area (Å²) in [7, 11) is 0. The minimum Gasteiger partial charge on any atom is -0.341 e. The Morgan fingerprint density at radius 1 is 0.686 bits per heavy atom. The van der Waals surface area contributed by atoms with Crippen LogP contribution in [-0.2, 0) is 0 Å². The maximum absolute atomic E-state index is 4.81. The number of imidazole rings is 2. The van der Waals surface area contributed by atoms with Crippen LogP contribution in [0.5, 0.6) is 0 Å². The highest BCUT2D eigenvalue weighted by molar-refractivity contribution is 5.91. The highest BCUT2D eigenvalue weighted by atomic mass is 35.5. The van der Waals surface area contributed by atoms with Crippen molar-refractivity contribution in [3.05, 3.63) is 72.4 Å². The van der Waals surface area contributed by atoms with Crippen molar-refractivity contribution in [2.45, 2.75) is 37.8 Å². The lowest BCUT2D eigenvalue weighted by Gasteiger charge is -2.07. The molecular weight excluding hydrogens is 456 g/mol. The van der Waals surface area contributed by atoms with Crippen LogP contribution in [0.4, 0.5) is 0 Å². The molecule has 6 nitrogen and oxygen atoms in total. The number of halogens is 1. The predicted octanol–water partition coefficient (Wildman–Crippen LogP) is 6.04. The van der Waals surface area contributed by atoms with Crippen molar-refractivity contribution < 1.29 is 0 Å². The van der Waals surface area contributed by atoms with Gasteiger partial charge in [0.1, 0.15) is 11.6 Å². The van der Waals surface area contributed by atoms with E-state index in [1.165, 1.54) is 40.3 Å². The molecule has 2 saturated heterocycles. The Balaban J connectivity index is 0.00000229. The van der Waals surface area contributed by atoms with Gasteiger partial charge in [0.05, 0.1) is 35.0 Å². The number of hydrogen-bond acceptors (Lipinski definition) is 4. The van der Waals surface area contributed by atoms with Crippen molar-refractivity contribution in [2.75, 3.05) is 13.1 Å². The molecule has 2 fully saturated rings. The van der Waals surface area contributed by atoms with Gasteiger partial charge < -0.3 is 20.6 Å². The first-order valence-electron chi connectivity index (χ1n) is 12.4. The minimum atomic E-state index is 0. The summed E-state index contributed by atoms with van der Waals surface area (Å²) in [6.07, 6.45) is 6.68. The number of nitrogens with one attached hydrogen (secondary N) is 4. The average molecular weight is 485 g/mol. The standard InChI is InChI=1S/C28H28N6.ClH/c1-3-23(29-11-1)27-31-16-26(34-27)21-8-7-17-13-18(5-6-19(17)14-21)20-9-10-22-25(15-20)33-28(32-22)24-4-2-12-30-24;/h5-10,13-16,23-24,29-30H,1-4,11-12H2,(H,31,34)(H,32,33);1H. The minimum absolute atomic E-state index is 0. The maximum atomic E-state index is 4.81. The first-order chi connectivity index (χ1) is 16.8. The van der Waals surface area contributed by atoms with E-state index in [-0.39, 0.29) is 12.4 Å². The Kier molecular flexibility index (Phi) is 5.80. The second-order valence-electron chi connectivity index (χ2n) is 9.61. The van der Waals surface area contributed by atoms with Gasteiger partial charge >= 0.3 is 0 Å². The zero-order chi connectivity index (χ0) is 22.5. The van der Waals surface area contributed by atoms with Crippen molar-refractivity contribution in [1.82, 2.24) is 30.6 Å². The molecule has 2 unspecified atom stereocenters. The zero-order valence-corrected chi connectivity index (χ0v) is 20.3. The highest BCUT2D eigenvalue weighted by Gasteiger charge is 2.20. The maximum Gasteiger partial charge on any atom is 0.124 e. The molecule has 4 heterocycles. The van der Waals surface area contributed by atoms with Gasteiger partial charge in [0.2, 0.25) is 0 Å². The van der Waals surface area contributed by atoms with Gasteiger partial charge in [0.25, 0.3) is 0 Å². The molecule has 35 heavy (non-hydrogen) atoms. The molecule has 2 atom stereocenters. The van der Waals surface area contributed by atoms with E-state index in [1.807, 2.05) is 6.20 Å². The van der Waals surface area contributed by atoms with Crippen LogP contribution in [0.25, 0.3) is 44.2 Å². The number of H-pyrrole nitrogens is 2. The summed E-state index contributed by atoms with van der Waals surface area (Å²) in [5, 5.41) is 9.51. The molecule has 3 aromatic carbocycles. The number of rotatable bonds is 4. The van der Waals surface area contributed by atoms with Gasteiger partial charge in [-0.1, -0.05) is 30.3 Å². The number of aromatic nitrogens is 4. The summed E-state index contributed by atoms with van der Waals surface area (Å²) in [6.45, 7) is 2.15. The number of fused-ring (bicyclic) bond motifs is 2. The van der Waals surface area contributed by atoms with Crippen molar-refractivity contribution in [1.29, 1.82) is 0 Å². The molecule has 0 bridgehead atoms. The molecule has 2 aliphatic rings. The molecule has 0 amide bonds. The molecule has 5 aromatic rings. The van der Waals surface area contributed by atoms with E-state index in [0.29, 0.717) is 12.1 Å². The van der Waals surface area contributed by atoms with Gasteiger partial charge in [0.15, 0.2) is 0 Å².